The number of hydrogen-bond donors (Lipinski definition) is 3. The number of hydrazine groups is 1. The third-order valence-electron chi connectivity index (χ3n) is 0.268. The Bertz CT molecular complexity index is 99.9. The maximum absolute atomic E-state index is 11.0. The molecule has 0 rings (SSSR count). The zero-order chi connectivity index (χ0) is 6.57. The van der Waals surface area contributed by atoms with Gasteiger partial charge in [0.2, 0.25) is 0 Å². The number of amides is 2. The summed E-state index contributed by atoms with van der Waals surface area (Å²) in [6.07, 6.45) is -3.46. The molecule has 0 fully saturated rings. The number of nitrogens with one attached hydrogen (secondary N) is 2. The monoisotopic (exact) mass is 122 g/mol. The Kier molecular flexibility index (Phi) is 2.32. The van der Waals surface area contributed by atoms with Crippen molar-refractivity contribution in [3.05, 3.63) is 0 Å². The molecule has 0 unspecified atom stereocenters. The van der Waals surface area contributed by atoms with Crippen molar-refractivity contribution in [3.8, 4) is 0 Å². The van der Waals surface area contributed by atoms with Crippen molar-refractivity contribution >= 4 is 12.3 Å². The lowest BCUT2D eigenvalue weighted by molar-refractivity contribution is 0.182. The molecule has 0 spiro atoms. The van der Waals surface area contributed by atoms with Crippen LogP contribution in [0.3, 0.4) is 0 Å². The van der Waals surface area contributed by atoms with E-state index in [4.69, 9.17) is 5.11 Å². The number of carbonyl (C=O) groups excluding carboxylic acids is 1. The van der Waals surface area contributed by atoms with Crippen molar-refractivity contribution in [1.82, 2.24) is 10.9 Å². The van der Waals surface area contributed by atoms with Gasteiger partial charge in [-0.3, -0.25) is 0 Å². The Hall–Kier alpha value is -1.33. The first kappa shape index (κ1) is 6.67. The maximum atomic E-state index is 11.0. The molecule has 5 nitrogen and oxygen atoms in total. The zero-order valence-corrected chi connectivity index (χ0v) is 3.64. The molecule has 0 saturated carbocycles. The molecule has 0 radical (unpaired) electrons. The second kappa shape index (κ2) is 2.78. The number of carboxylic acid groups (broad SMARTS) is 1. The molecule has 2 amide bonds. The second-order valence-electron chi connectivity index (χ2n) is 0.829. The molecule has 0 atom stereocenters. The molecular weight excluding hydrogens is 119 g/mol. The predicted molar refractivity (Wildman–Crippen MR) is 20.8 cm³/mol. The van der Waals surface area contributed by atoms with Crippen molar-refractivity contribution in [2.24, 2.45) is 0 Å². The second-order valence-corrected chi connectivity index (χ2v) is 0.829. The average molecular weight is 122 g/mol. The predicted octanol–water partition coefficient (Wildman–Crippen LogP) is -0.152. The standard InChI is InChI=1S/C2H3FN2O3/c3-1(6)4-5-2(7)8/h5H,(H,4,6)(H,7,8). The molecule has 0 aromatic heterocycles. The van der Waals surface area contributed by atoms with Gasteiger partial charge in [0.25, 0.3) is 0 Å². The van der Waals surface area contributed by atoms with Crippen LogP contribution < -0.4 is 10.9 Å². The van der Waals surface area contributed by atoms with Gasteiger partial charge in [-0.2, -0.15) is 0 Å². The topological polar surface area (TPSA) is 78.4 Å². The highest BCUT2D eigenvalue weighted by Gasteiger charge is 1.95. The van der Waals surface area contributed by atoms with Gasteiger partial charge < -0.3 is 5.11 Å². The van der Waals surface area contributed by atoms with Crippen LogP contribution in [0.15, 0.2) is 0 Å². The van der Waals surface area contributed by atoms with E-state index in [0.29, 0.717) is 0 Å². The first-order valence-electron chi connectivity index (χ1n) is 1.57. The minimum absolute atomic E-state index is 1.19. The maximum Gasteiger partial charge on any atom is 0.423 e. The van der Waals surface area contributed by atoms with Crippen molar-refractivity contribution in [2.45, 2.75) is 0 Å². The minimum atomic E-state index is -1.94. The van der Waals surface area contributed by atoms with Crippen LogP contribution in [0, 0.1) is 0 Å². The van der Waals surface area contributed by atoms with Crippen LogP contribution in [0.4, 0.5) is 14.0 Å². The van der Waals surface area contributed by atoms with Gasteiger partial charge in [-0.25, -0.2) is 20.4 Å². The molecule has 0 aromatic rings. The van der Waals surface area contributed by atoms with Gasteiger partial charge in [0.05, 0.1) is 0 Å². The van der Waals surface area contributed by atoms with Gasteiger partial charge in [-0.15, -0.1) is 4.39 Å². The molecule has 8 heavy (non-hydrogen) atoms. The largest absolute Gasteiger partial charge is 0.464 e. The average Bonchev–Trinajstić information content (AvgIpc) is 1.61. The summed E-state index contributed by atoms with van der Waals surface area (Å²) < 4.78 is 11.0. The van der Waals surface area contributed by atoms with Crippen LogP contribution in [0.25, 0.3) is 0 Å². The summed E-state index contributed by atoms with van der Waals surface area (Å²) in [6.45, 7) is 0. The molecule has 6 heteroatoms. The van der Waals surface area contributed by atoms with Crippen LogP contribution in [-0.2, 0) is 0 Å². The van der Waals surface area contributed by atoms with E-state index in [1.54, 1.807) is 0 Å². The SMILES string of the molecule is O=C(O)NNC(=O)F. The molecule has 0 aliphatic rings. The van der Waals surface area contributed by atoms with Gasteiger partial charge in [0.15, 0.2) is 0 Å². The Morgan fingerprint density at radius 1 is 1.38 bits per heavy atom. The fourth-order valence-corrected chi connectivity index (χ4v) is 0.103. The van der Waals surface area contributed by atoms with E-state index in [-0.39, 0.29) is 0 Å². The number of hydrogen-bond acceptors (Lipinski definition) is 2. The van der Waals surface area contributed by atoms with Crippen molar-refractivity contribution in [2.75, 3.05) is 0 Å². The Morgan fingerprint density at radius 3 is 2.00 bits per heavy atom. The molecule has 0 aliphatic carbocycles. The summed E-state index contributed by atoms with van der Waals surface area (Å²) >= 11 is 0. The molecule has 0 heterocycles. The summed E-state index contributed by atoms with van der Waals surface area (Å²) in [4.78, 5) is 18.7. The minimum Gasteiger partial charge on any atom is -0.464 e. The van der Waals surface area contributed by atoms with Crippen molar-refractivity contribution in [1.29, 1.82) is 0 Å². The Labute approximate surface area is 43.5 Å². The van der Waals surface area contributed by atoms with Gasteiger partial charge >= 0.3 is 12.3 Å². The molecule has 0 aliphatic heterocycles. The third kappa shape index (κ3) is 4.67. The molecule has 46 valence electrons. The van der Waals surface area contributed by atoms with E-state index in [0.717, 1.165) is 0 Å². The third-order valence-corrected chi connectivity index (χ3v) is 0.268. The van der Waals surface area contributed by atoms with E-state index in [1.807, 2.05) is 0 Å². The smallest absolute Gasteiger partial charge is 0.423 e. The number of rotatable bonds is 0. The summed E-state index contributed by atoms with van der Waals surface area (Å²) in [7, 11) is 0. The lowest BCUT2D eigenvalue weighted by Crippen LogP contribution is -2.37. The zero-order valence-electron chi connectivity index (χ0n) is 3.64. The highest BCUT2D eigenvalue weighted by atomic mass is 19.1. The molecule has 3 N–H and O–H groups in total. The first-order valence-corrected chi connectivity index (χ1v) is 1.57. The Morgan fingerprint density at radius 2 is 1.88 bits per heavy atom. The van der Waals surface area contributed by atoms with Crippen LogP contribution in [0.2, 0.25) is 0 Å². The fraction of sp³-hybridized carbons (Fsp3) is 0. The molecule has 0 bridgehead atoms. The fourth-order valence-electron chi connectivity index (χ4n) is 0.103. The quantitative estimate of drug-likeness (QED) is 0.237. The number of halogens is 1. The summed E-state index contributed by atoms with van der Waals surface area (Å²) in [5.74, 6) is 0. The lowest BCUT2D eigenvalue weighted by Gasteiger charge is -1.93. The van der Waals surface area contributed by atoms with Crippen LogP contribution in [0.1, 0.15) is 0 Å². The summed E-state index contributed by atoms with van der Waals surface area (Å²) in [5.41, 5.74) is 2.48. The summed E-state index contributed by atoms with van der Waals surface area (Å²) in [5, 5.41) is 7.67. The first-order chi connectivity index (χ1) is 3.63. The lowest BCUT2D eigenvalue weighted by atomic mass is 11.2. The van der Waals surface area contributed by atoms with E-state index in [1.165, 1.54) is 10.9 Å². The van der Waals surface area contributed by atoms with Crippen LogP contribution in [-0.4, -0.2) is 17.4 Å². The normalized spacial score (nSPS) is 7.62. The highest BCUT2D eigenvalue weighted by Crippen LogP contribution is 1.63. The van der Waals surface area contributed by atoms with E-state index in [9.17, 15) is 14.0 Å². The molecule has 0 saturated heterocycles. The highest BCUT2D eigenvalue weighted by molar-refractivity contribution is 5.71. The van der Waals surface area contributed by atoms with Gasteiger partial charge in [0, 0.05) is 0 Å². The molecule has 0 aromatic carbocycles. The summed E-state index contributed by atoms with van der Waals surface area (Å²) in [6, 6.07) is 0. The Balaban J connectivity index is 3.18. The van der Waals surface area contributed by atoms with Gasteiger partial charge in [-0.1, -0.05) is 0 Å². The number of carbonyl (C=O) groups is 2. The van der Waals surface area contributed by atoms with Gasteiger partial charge in [-0.05, 0) is 0 Å². The van der Waals surface area contributed by atoms with Gasteiger partial charge in [0.1, 0.15) is 0 Å². The van der Waals surface area contributed by atoms with Crippen molar-refractivity contribution < 1.29 is 19.1 Å². The van der Waals surface area contributed by atoms with E-state index in [2.05, 4.69) is 0 Å². The van der Waals surface area contributed by atoms with Crippen molar-refractivity contribution in [3.63, 3.8) is 0 Å². The van der Waals surface area contributed by atoms with E-state index < -0.39 is 12.3 Å². The van der Waals surface area contributed by atoms with Crippen LogP contribution in [0.5, 0.6) is 0 Å². The molecular formula is C2H3FN2O3. The van der Waals surface area contributed by atoms with E-state index >= 15 is 0 Å². The van der Waals surface area contributed by atoms with Crippen LogP contribution >= 0.6 is 0 Å².